The van der Waals surface area contributed by atoms with Crippen molar-refractivity contribution < 1.29 is 22.7 Å². The molecule has 9 heteroatoms. The number of nitrogens with one attached hydrogen (secondary N) is 1. The maximum Gasteiger partial charge on any atom is 0.341 e. The first-order valence-corrected chi connectivity index (χ1v) is 10.9. The van der Waals surface area contributed by atoms with E-state index in [9.17, 15) is 18.0 Å². The van der Waals surface area contributed by atoms with Crippen molar-refractivity contribution in [1.29, 1.82) is 0 Å². The lowest BCUT2D eigenvalue weighted by Gasteiger charge is -2.23. The van der Waals surface area contributed by atoms with Crippen molar-refractivity contribution >= 4 is 27.6 Å². The Morgan fingerprint density at radius 1 is 1.25 bits per heavy atom. The predicted octanol–water partition coefficient (Wildman–Crippen LogP) is 1.61. The molecule has 2 rings (SSSR count). The highest BCUT2D eigenvalue weighted by Crippen LogP contribution is 2.29. The zero-order valence-corrected chi connectivity index (χ0v) is 17.7. The minimum atomic E-state index is -3.70. The minimum absolute atomic E-state index is 0.00971. The van der Waals surface area contributed by atoms with Gasteiger partial charge in [-0.3, -0.25) is 4.79 Å². The second-order valence-corrected chi connectivity index (χ2v) is 9.15. The van der Waals surface area contributed by atoms with Gasteiger partial charge in [0, 0.05) is 33.7 Å². The molecule has 1 fully saturated rings. The molecular weight excluding hydrogens is 382 g/mol. The Labute approximate surface area is 166 Å². The van der Waals surface area contributed by atoms with Gasteiger partial charge in [0.2, 0.25) is 10.0 Å². The molecule has 8 nitrogen and oxygen atoms in total. The van der Waals surface area contributed by atoms with Crippen LogP contribution in [0.1, 0.15) is 43.5 Å². The number of esters is 1. The third-order valence-electron chi connectivity index (χ3n) is 4.62. The first-order valence-electron chi connectivity index (χ1n) is 9.48. The van der Waals surface area contributed by atoms with E-state index in [0.29, 0.717) is 12.2 Å². The van der Waals surface area contributed by atoms with Crippen LogP contribution in [-0.2, 0) is 19.6 Å². The highest BCUT2D eigenvalue weighted by atomic mass is 32.2. The first-order chi connectivity index (χ1) is 13.2. The molecular formula is C19H29N3O5S. The van der Waals surface area contributed by atoms with Gasteiger partial charge in [-0.25, -0.2) is 17.5 Å². The van der Waals surface area contributed by atoms with E-state index in [0.717, 1.165) is 36.7 Å². The Morgan fingerprint density at radius 3 is 2.46 bits per heavy atom. The van der Waals surface area contributed by atoms with E-state index in [4.69, 9.17) is 4.74 Å². The predicted molar refractivity (Wildman–Crippen MR) is 107 cm³/mol. The minimum Gasteiger partial charge on any atom is -0.449 e. The molecule has 1 atom stereocenters. The molecule has 0 saturated carbocycles. The molecule has 1 heterocycles. The number of rotatable bonds is 8. The summed E-state index contributed by atoms with van der Waals surface area (Å²) in [6.07, 6.45) is 1.81. The van der Waals surface area contributed by atoms with Gasteiger partial charge in [0.25, 0.3) is 5.91 Å². The number of hydrogen-bond acceptors (Lipinski definition) is 6. The number of carbonyl (C=O) groups is 2. The van der Waals surface area contributed by atoms with E-state index < -0.39 is 22.1 Å². The number of nitrogens with zero attached hydrogens (tertiary/aromatic N) is 2. The summed E-state index contributed by atoms with van der Waals surface area (Å²) in [4.78, 5) is 26.9. The van der Waals surface area contributed by atoms with Crippen LogP contribution in [0.15, 0.2) is 23.1 Å². The first kappa shape index (κ1) is 22.2. The maximum atomic E-state index is 12.8. The van der Waals surface area contributed by atoms with Gasteiger partial charge in [-0.15, -0.1) is 0 Å². The second-order valence-electron chi connectivity index (χ2n) is 7.00. The van der Waals surface area contributed by atoms with Crippen LogP contribution in [-0.4, -0.2) is 64.4 Å². The van der Waals surface area contributed by atoms with E-state index in [1.807, 2.05) is 11.8 Å². The summed E-state index contributed by atoms with van der Waals surface area (Å²) in [5.41, 5.74) is 0.779. The summed E-state index contributed by atoms with van der Waals surface area (Å²) in [5.74, 6) is -1.09. The normalized spacial score (nSPS) is 15.5. The molecule has 1 N–H and O–H groups in total. The quantitative estimate of drug-likeness (QED) is 0.653. The third-order valence-corrected chi connectivity index (χ3v) is 6.43. The highest BCUT2D eigenvalue weighted by molar-refractivity contribution is 7.89. The van der Waals surface area contributed by atoms with E-state index >= 15 is 0 Å². The molecule has 1 saturated heterocycles. The maximum absolute atomic E-state index is 12.8. The Bertz CT molecular complexity index is 817. The summed E-state index contributed by atoms with van der Waals surface area (Å²) in [5, 5.41) is 2.68. The average Bonchev–Trinajstić information content (AvgIpc) is 3.19. The lowest BCUT2D eigenvalue weighted by molar-refractivity contribution is -0.129. The van der Waals surface area contributed by atoms with Gasteiger partial charge in [0.15, 0.2) is 6.10 Å². The molecule has 0 aromatic heterocycles. The van der Waals surface area contributed by atoms with Gasteiger partial charge in [-0.05, 0) is 44.4 Å². The van der Waals surface area contributed by atoms with Crippen LogP contribution in [0.3, 0.4) is 0 Å². The van der Waals surface area contributed by atoms with Crippen molar-refractivity contribution in [2.24, 2.45) is 0 Å². The lowest BCUT2D eigenvalue weighted by atomic mass is 10.1. The summed E-state index contributed by atoms with van der Waals surface area (Å²) < 4.78 is 31.4. The molecule has 1 aromatic carbocycles. The van der Waals surface area contributed by atoms with Crippen LogP contribution >= 0.6 is 0 Å². The van der Waals surface area contributed by atoms with Crippen molar-refractivity contribution in [3.05, 3.63) is 23.8 Å². The zero-order valence-electron chi connectivity index (χ0n) is 16.9. The molecule has 28 heavy (non-hydrogen) atoms. The molecule has 0 radical (unpaired) electrons. The molecule has 1 aromatic rings. The standard InChI is InChI=1S/C19H29N3O5S/c1-5-10-20-18(23)14(2)27-19(24)16-13-15(28(25,26)21(3)4)8-9-17(16)22-11-6-7-12-22/h8-9,13-14H,5-7,10-12H2,1-4H3,(H,20,23). The van der Waals surface area contributed by atoms with Crippen molar-refractivity contribution in [3.8, 4) is 0 Å². The SMILES string of the molecule is CCCNC(=O)C(C)OC(=O)c1cc(S(=O)(=O)N(C)C)ccc1N1CCCC1. The summed E-state index contributed by atoms with van der Waals surface area (Å²) in [6.45, 7) is 5.49. The van der Waals surface area contributed by atoms with Crippen LogP contribution < -0.4 is 10.2 Å². The number of sulfonamides is 1. The number of hydrogen-bond donors (Lipinski definition) is 1. The number of amides is 1. The largest absolute Gasteiger partial charge is 0.449 e. The van der Waals surface area contributed by atoms with Crippen molar-refractivity contribution in [2.45, 2.75) is 44.1 Å². The summed E-state index contributed by atoms with van der Waals surface area (Å²) in [6, 6.07) is 4.47. The van der Waals surface area contributed by atoms with E-state index in [1.54, 1.807) is 6.07 Å². The van der Waals surface area contributed by atoms with Crippen molar-refractivity contribution in [2.75, 3.05) is 38.6 Å². The number of ether oxygens (including phenoxy) is 1. The van der Waals surface area contributed by atoms with Crippen LogP contribution in [0.5, 0.6) is 0 Å². The van der Waals surface area contributed by atoms with Gasteiger partial charge in [-0.2, -0.15) is 0 Å². The zero-order chi connectivity index (χ0) is 20.9. The van der Waals surface area contributed by atoms with Gasteiger partial charge >= 0.3 is 5.97 Å². The second kappa shape index (κ2) is 9.38. The van der Waals surface area contributed by atoms with Crippen LogP contribution in [0.2, 0.25) is 0 Å². The van der Waals surface area contributed by atoms with Gasteiger partial charge < -0.3 is 15.0 Å². The van der Waals surface area contributed by atoms with Crippen LogP contribution in [0.4, 0.5) is 5.69 Å². The lowest BCUT2D eigenvalue weighted by Crippen LogP contribution is -2.36. The number of anilines is 1. The Morgan fingerprint density at radius 2 is 1.89 bits per heavy atom. The van der Waals surface area contributed by atoms with E-state index in [-0.39, 0.29) is 16.4 Å². The van der Waals surface area contributed by atoms with Crippen LogP contribution in [0.25, 0.3) is 0 Å². The fourth-order valence-electron chi connectivity index (χ4n) is 2.95. The van der Waals surface area contributed by atoms with Crippen LogP contribution in [0, 0.1) is 0 Å². The molecule has 1 amide bonds. The van der Waals surface area contributed by atoms with E-state index in [2.05, 4.69) is 5.32 Å². The Kier molecular flexibility index (Phi) is 7.42. The molecule has 0 bridgehead atoms. The monoisotopic (exact) mass is 411 g/mol. The molecule has 1 aliphatic rings. The van der Waals surface area contributed by atoms with Crippen molar-refractivity contribution in [1.82, 2.24) is 9.62 Å². The summed E-state index contributed by atoms with van der Waals surface area (Å²) in [7, 11) is -0.837. The molecule has 1 aliphatic heterocycles. The van der Waals surface area contributed by atoms with E-state index in [1.165, 1.54) is 33.2 Å². The molecule has 1 unspecified atom stereocenters. The fourth-order valence-corrected chi connectivity index (χ4v) is 3.88. The van der Waals surface area contributed by atoms with Crippen molar-refractivity contribution in [3.63, 3.8) is 0 Å². The third kappa shape index (κ3) is 5.02. The highest BCUT2D eigenvalue weighted by Gasteiger charge is 2.27. The average molecular weight is 412 g/mol. The molecule has 0 aliphatic carbocycles. The number of carbonyl (C=O) groups excluding carboxylic acids is 2. The van der Waals surface area contributed by atoms with Gasteiger partial charge in [-0.1, -0.05) is 6.92 Å². The van der Waals surface area contributed by atoms with Gasteiger partial charge in [0.1, 0.15) is 0 Å². The number of benzene rings is 1. The Balaban J connectivity index is 2.35. The summed E-state index contributed by atoms with van der Waals surface area (Å²) >= 11 is 0. The Hall–Kier alpha value is -2.13. The van der Waals surface area contributed by atoms with Gasteiger partial charge in [0.05, 0.1) is 16.1 Å². The molecule has 156 valence electrons. The molecule has 0 spiro atoms. The topological polar surface area (TPSA) is 96.0 Å². The smallest absolute Gasteiger partial charge is 0.341 e. The fraction of sp³-hybridized carbons (Fsp3) is 0.579.